The van der Waals surface area contributed by atoms with E-state index < -0.39 is 0 Å². The monoisotopic (exact) mass is 203 g/mol. The summed E-state index contributed by atoms with van der Waals surface area (Å²) in [6.45, 7) is 2.07. The molecular weight excluding hydrogens is 194 g/mol. The molecular formula is C12H10ClN. The molecule has 2 aromatic rings. The molecule has 1 heterocycles. The Morgan fingerprint density at radius 3 is 2.36 bits per heavy atom. The predicted molar refractivity (Wildman–Crippen MR) is 59.4 cm³/mol. The van der Waals surface area contributed by atoms with E-state index in [2.05, 4.69) is 36.2 Å². The fourth-order valence-electron chi connectivity index (χ4n) is 1.33. The van der Waals surface area contributed by atoms with Crippen molar-refractivity contribution in [3.63, 3.8) is 0 Å². The third-order valence-electron chi connectivity index (χ3n) is 2.11. The molecule has 0 aliphatic carbocycles. The van der Waals surface area contributed by atoms with Crippen molar-refractivity contribution in [2.75, 3.05) is 0 Å². The van der Waals surface area contributed by atoms with Crippen LogP contribution in [-0.4, -0.2) is 4.98 Å². The number of pyridine rings is 1. The maximum absolute atomic E-state index is 5.81. The van der Waals surface area contributed by atoms with Crippen molar-refractivity contribution in [3.05, 3.63) is 53.3 Å². The summed E-state index contributed by atoms with van der Waals surface area (Å²) >= 11 is 5.81. The molecule has 0 saturated carbocycles. The molecule has 0 aliphatic heterocycles. The zero-order chi connectivity index (χ0) is 9.97. The van der Waals surface area contributed by atoms with Crippen molar-refractivity contribution >= 4 is 11.6 Å². The van der Waals surface area contributed by atoms with Crippen LogP contribution in [0.1, 0.15) is 5.56 Å². The van der Waals surface area contributed by atoms with E-state index >= 15 is 0 Å². The zero-order valence-corrected chi connectivity index (χ0v) is 8.62. The summed E-state index contributed by atoms with van der Waals surface area (Å²) in [5.74, 6) is 0. The molecule has 0 atom stereocenters. The second kappa shape index (κ2) is 3.81. The lowest BCUT2D eigenvalue weighted by Gasteiger charge is -2.01. The minimum atomic E-state index is 0.531. The fourth-order valence-corrected chi connectivity index (χ4v) is 1.50. The van der Waals surface area contributed by atoms with Crippen LogP contribution in [0.2, 0.25) is 5.15 Å². The molecule has 0 N–H and O–H groups in total. The van der Waals surface area contributed by atoms with E-state index in [1.807, 2.05) is 12.1 Å². The molecule has 70 valence electrons. The number of rotatable bonds is 1. The van der Waals surface area contributed by atoms with Crippen molar-refractivity contribution in [3.8, 4) is 11.1 Å². The van der Waals surface area contributed by atoms with Gasteiger partial charge < -0.3 is 0 Å². The Morgan fingerprint density at radius 1 is 1.00 bits per heavy atom. The van der Waals surface area contributed by atoms with Gasteiger partial charge in [-0.1, -0.05) is 41.4 Å². The number of halogens is 1. The highest BCUT2D eigenvalue weighted by Crippen LogP contribution is 2.21. The maximum atomic E-state index is 5.81. The van der Waals surface area contributed by atoms with Gasteiger partial charge in [-0.3, -0.25) is 0 Å². The van der Waals surface area contributed by atoms with E-state index in [0.29, 0.717) is 5.15 Å². The van der Waals surface area contributed by atoms with Gasteiger partial charge in [-0.05, 0) is 30.2 Å². The minimum absolute atomic E-state index is 0.531. The molecule has 0 radical (unpaired) electrons. The van der Waals surface area contributed by atoms with Gasteiger partial charge in [0.05, 0.1) is 0 Å². The van der Waals surface area contributed by atoms with E-state index in [0.717, 1.165) is 5.56 Å². The molecule has 2 rings (SSSR count). The van der Waals surface area contributed by atoms with Gasteiger partial charge >= 0.3 is 0 Å². The zero-order valence-electron chi connectivity index (χ0n) is 7.87. The van der Waals surface area contributed by atoms with E-state index in [1.54, 1.807) is 6.20 Å². The van der Waals surface area contributed by atoms with Gasteiger partial charge in [0.2, 0.25) is 0 Å². The third-order valence-corrected chi connectivity index (χ3v) is 2.32. The van der Waals surface area contributed by atoms with Crippen LogP contribution in [0.3, 0.4) is 0 Å². The van der Waals surface area contributed by atoms with E-state index in [4.69, 9.17) is 11.6 Å². The standard InChI is InChI=1S/C12H10ClN/c1-9-2-4-10(5-3-9)11-6-7-14-12(13)8-11/h2-8H,1H3. The van der Waals surface area contributed by atoms with Crippen LogP contribution in [0.5, 0.6) is 0 Å². The summed E-state index contributed by atoms with van der Waals surface area (Å²) in [5, 5.41) is 0.531. The molecule has 0 bridgehead atoms. The Bertz CT molecular complexity index is 434. The summed E-state index contributed by atoms with van der Waals surface area (Å²) in [6, 6.07) is 12.2. The summed E-state index contributed by atoms with van der Waals surface area (Å²) in [4.78, 5) is 3.95. The number of aromatic nitrogens is 1. The van der Waals surface area contributed by atoms with Crippen molar-refractivity contribution in [2.24, 2.45) is 0 Å². The highest BCUT2D eigenvalue weighted by Gasteiger charge is 1.97. The normalized spacial score (nSPS) is 10.1. The Balaban J connectivity index is 2.44. The Hall–Kier alpha value is -1.34. The van der Waals surface area contributed by atoms with Gasteiger partial charge in [0.1, 0.15) is 5.15 Å². The Labute approximate surface area is 88.4 Å². The first-order valence-electron chi connectivity index (χ1n) is 4.44. The summed E-state index contributed by atoms with van der Waals surface area (Å²) in [6.07, 6.45) is 1.72. The average Bonchev–Trinajstić information content (AvgIpc) is 2.19. The fraction of sp³-hybridized carbons (Fsp3) is 0.0833. The smallest absolute Gasteiger partial charge is 0.129 e. The van der Waals surface area contributed by atoms with Gasteiger partial charge in [0.25, 0.3) is 0 Å². The second-order valence-electron chi connectivity index (χ2n) is 3.23. The van der Waals surface area contributed by atoms with Gasteiger partial charge in [-0.2, -0.15) is 0 Å². The van der Waals surface area contributed by atoms with E-state index in [-0.39, 0.29) is 0 Å². The Kier molecular flexibility index (Phi) is 2.51. The Morgan fingerprint density at radius 2 is 1.71 bits per heavy atom. The van der Waals surface area contributed by atoms with Crippen molar-refractivity contribution < 1.29 is 0 Å². The highest BCUT2D eigenvalue weighted by atomic mass is 35.5. The van der Waals surface area contributed by atoms with Gasteiger partial charge in [-0.25, -0.2) is 4.98 Å². The summed E-state index contributed by atoms with van der Waals surface area (Å²) in [5.41, 5.74) is 3.53. The van der Waals surface area contributed by atoms with Crippen molar-refractivity contribution in [1.29, 1.82) is 0 Å². The molecule has 14 heavy (non-hydrogen) atoms. The molecule has 1 aromatic carbocycles. The molecule has 2 heteroatoms. The first kappa shape index (κ1) is 9.22. The lowest BCUT2D eigenvalue weighted by molar-refractivity contribution is 1.33. The lowest BCUT2D eigenvalue weighted by atomic mass is 10.1. The number of hydrogen-bond donors (Lipinski definition) is 0. The second-order valence-corrected chi connectivity index (χ2v) is 3.62. The number of nitrogens with zero attached hydrogens (tertiary/aromatic N) is 1. The van der Waals surface area contributed by atoms with Crippen LogP contribution in [0, 0.1) is 6.92 Å². The topological polar surface area (TPSA) is 12.9 Å². The van der Waals surface area contributed by atoms with Gasteiger partial charge in [0, 0.05) is 6.20 Å². The van der Waals surface area contributed by atoms with Crippen LogP contribution in [-0.2, 0) is 0 Å². The van der Waals surface area contributed by atoms with Crippen molar-refractivity contribution in [1.82, 2.24) is 4.98 Å². The number of aryl methyl sites for hydroxylation is 1. The van der Waals surface area contributed by atoms with Crippen LogP contribution in [0.25, 0.3) is 11.1 Å². The lowest BCUT2D eigenvalue weighted by Crippen LogP contribution is -1.80. The first-order chi connectivity index (χ1) is 6.75. The summed E-state index contributed by atoms with van der Waals surface area (Å²) < 4.78 is 0. The first-order valence-corrected chi connectivity index (χ1v) is 4.82. The minimum Gasteiger partial charge on any atom is -0.245 e. The highest BCUT2D eigenvalue weighted by molar-refractivity contribution is 6.29. The van der Waals surface area contributed by atoms with Crippen LogP contribution in [0.4, 0.5) is 0 Å². The van der Waals surface area contributed by atoms with Crippen LogP contribution >= 0.6 is 11.6 Å². The number of hydrogen-bond acceptors (Lipinski definition) is 1. The molecule has 0 fully saturated rings. The van der Waals surface area contributed by atoms with Gasteiger partial charge in [-0.15, -0.1) is 0 Å². The molecule has 0 unspecified atom stereocenters. The van der Waals surface area contributed by atoms with Gasteiger partial charge in [0.15, 0.2) is 0 Å². The quantitative estimate of drug-likeness (QED) is 0.644. The van der Waals surface area contributed by atoms with Crippen molar-refractivity contribution in [2.45, 2.75) is 6.92 Å². The molecule has 0 aliphatic rings. The summed E-state index contributed by atoms with van der Waals surface area (Å²) in [7, 11) is 0. The average molecular weight is 204 g/mol. The predicted octanol–water partition coefficient (Wildman–Crippen LogP) is 3.71. The largest absolute Gasteiger partial charge is 0.245 e. The number of benzene rings is 1. The third kappa shape index (κ3) is 1.94. The molecule has 1 nitrogen and oxygen atoms in total. The van der Waals surface area contributed by atoms with E-state index in [9.17, 15) is 0 Å². The van der Waals surface area contributed by atoms with E-state index in [1.165, 1.54) is 11.1 Å². The van der Waals surface area contributed by atoms with Crippen LogP contribution < -0.4 is 0 Å². The molecule has 0 spiro atoms. The molecule has 0 amide bonds. The SMILES string of the molecule is Cc1ccc(-c2ccnc(Cl)c2)cc1. The molecule has 1 aromatic heterocycles. The maximum Gasteiger partial charge on any atom is 0.129 e. The molecule has 0 saturated heterocycles. The van der Waals surface area contributed by atoms with Crippen LogP contribution in [0.15, 0.2) is 42.6 Å².